The van der Waals surface area contributed by atoms with Gasteiger partial charge in [0.15, 0.2) is 0 Å². The van der Waals surface area contributed by atoms with Crippen LogP contribution in [0, 0.1) is 13.8 Å². The van der Waals surface area contributed by atoms with Crippen molar-refractivity contribution in [2.75, 3.05) is 38.3 Å². The van der Waals surface area contributed by atoms with E-state index in [2.05, 4.69) is 6.07 Å². The van der Waals surface area contributed by atoms with Crippen LogP contribution < -0.4 is 10.5 Å². The Morgan fingerprint density at radius 3 is 2.41 bits per heavy atom. The maximum Gasteiger partial charge on any atom is 0.337 e. The van der Waals surface area contributed by atoms with Crippen LogP contribution in [0.25, 0.3) is 16.6 Å². The van der Waals surface area contributed by atoms with E-state index in [0.29, 0.717) is 48.7 Å². The predicted octanol–water partition coefficient (Wildman–Crippen LogP) is 2.63. The minimum atomic E-state index is -0.458. The number of esters is 1. The molecule has 7 heteroatoms. The molecule has 0 atom stereocenters. The molecule has 3 aromatic rings. The zero-order valence-corrected chi connectivity index (χ0v) is 16.8. The summed E-state index contributed by atoms with van der Waals surface area (Å²) in [5.74, 6) is 0.0953. The molecular formula is C22H23N3O4. The lowest BCUT2D eigenvalue weighted by atomic mass is 10.1. The van der Waals surface area contributed by atoms with Crippen molar-refractivity contribution in [2.45, 2.75) is 13.8 Å². The zero-order valence-electron chi connectivity index (χ0n) is 16.8. The van der Waals surface area contributed by atoms with Crippen LogP contribution in [-0.4, -0.2) is 48.9 Å². The van der Waals surface area contributed by atoms with Crippen LogP contribution in [0.1, 0.15) is 21.5 Å². The van der Waals surface area contributed by atoms with Gasteiger partial charge in [-0.2, -0.15) is 0 Å². The summed E-state index contributed by atoms with van der Waals surface area (Å²) in [6.07, 6.45) is 0. The van der Waals surface area contributed by atoms with Crippen molar-refractivity contribution >= 4 is 22.8 Å². The molecule has 1 aliphatic heterocycles. The molecule has 150 valence electrons. The minimum absolute atomic E-state index is 0.169. The molecule has 0 saturated carbocycles. The summed E-state index contributed by atoms with van der Waals surface area (Å²) >= 11 is 0. The van der Waals surface area contributed by atoms with Gasteiger partial charge in [0, 0.05) is 13.1 Å². The molecule has 4 rings (SSSR count). The molecule has 7 nitrogen and oxygen atoms in total. The van der Waals surface area contributed by atoms with Crippen molar-refractivity contribution in [3.05, 3.63) is 63.4 Å². The molecule has 0 radical (unpaired) electrons. The van der Waals surface area contributed by atoms with E-state index >= 15 is 0 Å². The fourth-order valence-corrected chi connectivity index (χ4v) is 3.71. The van der Waals surface area contributed by atoms with Gasteiger partial charge in [0.25, 0.3) is 5.56 Å². The number of rotatable bonds is 3. The number of morpholine rings is 1. The number of hydrogen-bond acceptors (Lipinski definition) is 6. The number of hydrogen-bond donors (Lipinski definition) is 0. The van der Waals surface area contributed by atoms with Crippen LogP contribution in [0.5, 0.6) is 0 Å². The van der Waals surface area contributed by atoms with E-state index in [1.54, 1.807) is 22.8 Å². The maximum absolute atomic E-state index is 13.5. The fraction of sp³-hybridized carbons (Fsp3) is 0.318. The van der Waals surface area contributed by atoms with E-state index in [-0.39, 0.29) is 5.56 Å². The standard InChI is InChI=1S/C22H23N3O4/c1-14-10-15(2)12-17(11-14)25-20(26)18-5-4-16(21(27)28-3)13-19(18)23-22(25)24-6-8-29-9-7-24/h4-5,10-13H,6-9H2,1-3H3. The molecule has 29 heavy (non-hydrogen) atoms. The molecule has 2 aromatic carbocycles. The molecule has 0 N–H and O–H groups in total. The molecule has 1 saturated heterocycles. The second-order valence-electron chi connectivity index (χ2n) is 7.22. The Kier molecular flexibility index (Phi) is 5.07. The Morgan fingerprint density at radius 2 is 1.76 bits per heavy atom. The van der Waals surface area contributed by atoms with Crippen LogP contribution in [0.3, 0.4) is 0 Å². The summed E-state index contributed by atoms with van der Waals surface area (Å²) in [5.41, 5.74) is 3.59. The van der Waals surface area contributed by atoms with Crippen LogP contribution in [0.2, 0.25) is 0 Å². The first-order chi connectivity index (χ1) is 14.0. The highest BCUT2D eigenvalue weighted by Gasteiger charge is 2.21. The lowest BCUT2D eigenvalue weighted by Gasteiger charge is -2.30. The van der Waals surface area contributed by atoms with E-state index in [0.717, 1.165) is 16.8 Å². The Hall–Kier alpha value is -3.19. The first kappa shape index (κ1) is 19.1. The van der Waals surface area contributed by atoms with E-state index in [1.807, 2.05) is 30.9 Å². The number of nitrogens with zero attached hydrogens (tertiary/aromatic N) is 3. The second-order valence-corrected chi connectivity index (χ2v) is 7.22. The number of carbonyl (C=O) groups is 1. The quantitative estimate of drug-likeness (QED) is 0.637. The Labute approximate surface area is 168 Å². The summed E-state index contributed by atoms with van der Waals surface area (Å²) in [6, 6.07) is 10.9. The van der Waals surface area contributed by atoms with E-state index in [1.165, 1.54) is 7.11 Å². The third-order valence-electron chi connectivity index (χ3n) is 5.03. The van der Waals surface area contributed by atoms with Gasteiger partial charge in [-0.05, 0) is 55.3 Å². The third-order valence-corrected chi connectivity index (χ3v) is 5.03. The highest BCUT2D eigenvalue weighted by molar-refractivity contribution is 5.94. The molecule has 1 fully saturated rings. The van der Waals surface area contributed by atoms with Crippen molar-refractivity contribution in [3.8, 4) is 5.69 Å². The number of aromatic nitrogens is 2. The fourth-order valence-electron chi connectivity index (χ4n) is 3.71. The molecule has 0 aliphatic carbocycles. The van der Waals surface area contributed by atoms with Crippen LogP contribution >= 0.6 is 0 Å². The van der Waals surface area contributed by atoms with Gasteiger partial charge in [0.05, 0.1) is 42.5 Å². The minimum Gasteiger partial charge on any atom is -0.465 e. The lowest BCUT2D eigenvalue weighted by Crippen LogP contribution is -2.40. The summed E-state index contributed by atoms with van der Waals surface area (Å²) in [4.78, 5) is 32.3. The number of aryl methyl sites for hydroxylation is 2. The molecule has 0 spiro atoms. The lowest BCUT2D eigenvalue weighted by molar-refractivity contribution is 0.0601. The summed E-state index contributed by atoms with van der Waals surface area (Å²) in [5, 5.41) is 0.453. The Bertz CT molecular complexity index is 1130. The number of benzene rings is 2. The first-order valence-electron chi connectivity index (χ1n) is 9.54. The molecule has 0 amide bonds. The van der Waals surface area contributed by atoms with Gasteiger partial charge in [-0.3, -0.25) is 4.79 Å². The molecule has 0 bridgehead atoms. The van der Waals surface area contributed by atoms with Crippen molar-refractivity contribution in [1.29, 1.82) is 0 Å². The van der Waals surface area contributed by atoms with Crippen molar-refractivity contribution in [3.63, 3.8) is 0 Å². The average Bonchev–Trinajstić information content (AvgIpc) is 2.72. The summed E-state index contributed by atoms with van der Waals surface area (Å²) in [6.45, 7) is 6.44. The van der Waals surface area contributed by atoms with Crippen molar-refractivity contribution in [1.82, 2.24) is 9.55 Å². The Balaban J connectivity index is 2.00. The van der Waals surface area contributed by atoms with Gasteiger partial charge < -0.3 is 14.4 Å². The normalized spacial score (nSPS) is 14.2. The topological polar surface area (TPSA) is 73.7 Å². The highest BCUT2D eigenvalue weighted by atomic mass is 16.5. The largest absolute Gasteiger partial charge is 0.465 e. The van der Waals surface area contributed by atoms with E-state index < -0.39 is 5.97 Å². The molecule has 2 heterocycles. The van der Waals surface area contributed by atoms with Gasteiger partial charge in [0.2, 0.25) is 5.95 Å². The van der Waals surface area contributed by atoms with Crippen molar-refractivity contribution in [2.24, 2.45) is 0 Å². The van der Waals surface area contributed by atoms with Gasteiger partial charge in [0.1, 0.15) is 0 Å². The number of anilines is 1. The average molecular weight is 393 g/mol. The molecule has 0 unspecified atom stereocenters. The Morgan fingerprint density at radius 1 is 1.07 bits per heavy atom. The van der Waals surface area contributed by atoms with Gasteiger partial charge in [-0.15, -0.1) is 0 Å². The zero-order chi connectivity index (χ0) is 20.5. The summed E-state index contributed by atoms with van der Waals surface area (Å²) in [7, 11) is 1.33. The smallest absolute Gasteiger partial charge is 0.337 e. The number of carbonyl (C=O) groups excluding carboxylic acids is 1. The predicted molar refractivity (Wildman–Crippen MR) is 111 cm³/mol. The molecule has 1 aliphatic rings. The van der Waals surface area contributed by atoms with Crippen LogP contribution in [-0.2, 0) is 9.47 Å². The SMILES string of the molecule is COC(=O)c1ccc2c(=O)n(-c3cc(C)cc(C)c3)c(N3CCOCC3)nc2c1. The molecule has 1 aromatic heterocycles. The van der Waals surface area contributed by atoms with Gasteiger partial charge >= 0.3 is 5.97 Å². The number of fused-ring (bicyclic) bond motifs is 1. The second kappa shape index (κ2) is 7.67. The molecular weight excluding hydrogens is 370 g/mol. The monoisotopic (exact) mass is 393 g/mol. The van der Waals surface area contributed by atoms with Gasteiger partial charge in [-0.1, -0.05) is 6.07 Å². The third kappa shape index (κ3) is 3.61. The van der Waals surface area contributed by atoms with Gasteiger partial charge in [-0.25, -0.2) is 14.3 Å². The summed E-state index contributed by atoms with van der Waals surface area (Å²) < 4.78 is 11.9. The number of ether oxygens (including phenoxy) is 2. The number of methoxy groups -OCH3 is 1. The first-order valence-corrected chi connectivity index (χ1v) is 9.54. The van der Waals surface area contributed by atoms with Crippen LogP contribution in [0.15, 0.2) is 41.2 Å². The highest BCUT2D eigenvalue weighted by Crippen LogP contribution is 2.23. The van der Waals surface area contributed by atoms with E-state index in [4.69, 9.17) is 14.5 Å². The maximum atomic E-state index is 13.5. The van der Waals surface area contributed by atoms with Crippen LogP contribution in [0.4, 0.5) is 5.95 Å². The van der Waals surface area contributed by atoms with E-state index in [9.17, 15) is 9.59 Å². The van der Waals surface area contributed by atoms with Crippen molar-refractivity contribution < 1.29 is 14.3 Å².